The molecule has 1 saturated carbocycles. The Labute approximate surface area is 94.0 Å². The fourth-order valence-electron chi connectivity index (χ4n) is 2.40. The van der Waals surface area contributed by atoms with Gasteiger partial charge in [0.05, 0.1) is 5.54 Å². The van der Waals surface area contributed by atoms with Crippen LogP contribution in [0.25, 0.3) is 0 Å². The van der Waals surface area contributed by atoms with Gasteiger partial charge in [0.1, 0.15) is 0 Å². The van der Waals surface area contributed by atoms with Crippen molar-refractivity contribution in [2.45, 2.75) is 58.9 Å². The Morgan fingerprint density at radius 1 is 1.27 bits per heavy atom. The predicted octanol–water partition coefficient (Wildman–Crippen LogP) is 2.87. The molecule has 2 nitrogen and oxygen atoms in total. The second-order valence-corrected chi connectivity index (χ2v) is 5.16. The van der Waals surface area contributed by atoms with Gasteiger partial charge in [-0.2, -0.15) is 0 Å². The van der Waals surface area contributed by atoms with Gasteiger partial charge in [0.25, 0.3) is 0 Å². The first-order chi connectivity index (χ1) is 7.02. The molecule has 1 fully saturated rings. The number of carbonyl (C=O) groups is 1. The van der Waals surface area contributed by atoms with E-state index in [0.29, 0.717) is 11.7 Å². The molecule has 0 spiro atoms. The van der Waals surface area contributed by atoms with E-state index in [2.05, 4.69) is 32.6 Å². The zero-order chi connectivity index (χ0) is 11.5. The monoisotopic (exact) mass is 211 g/mol. The van der Waals surface area contributed by atoms with Crippen molar-refractivity contribution in [1.82, 2.24) is 4.90 Å². The van der Waals surface area contributed by atoms with Crippen molar-refractivity contribution in [2.75, 3.05) is 13.1 Å². The molecule has 2 heteroatoms. The van der Waals surface area contributed by atoms with E-state index in [-0.39, 0.29) is 5.54 Å². The highest BCUT2D eigenvalue weighted by Crippen LogP contribution is 2.32. The van der Waals surface area contributed by atoms with E-state index >= 15 is 0 Å². The molecule has 0 heterocycles. The van der Waals surface area contributed by atoms with Crippen molar-refractivity contribution in [3.05, 3.63) is 0 Å². The van der Waals surface area contributed by atoms with Gasteiger partial charge in [-0.1, -0.05) is 33.1 Å². The van der Waals surface area contributed by atoms with Crippen LogP contribution >= 0.6 is 0 Å². The summed E-state index contributed by atoms with van der Waals surface area (Å²) in [5, 5.41) is 0. The van der Waals surface area contributed by atoms with Crippen LogP contribution in [0.1, 0.15) is 53.4 Å². The first kappa shape index (κ1) is 12.7. The molecule has 1 rings (SSSR count). The van der Waals surface area contributed by atoms with E-state index in [0.717, 1.165) is 19.5 Å². The van der Waals surface area contributed by atoms with Gasteiger partial charge in [-0.15, -0.1) is 0 Å². The Bertz CT molecular complexity index is 215. The fourth-order valence-corrected chi connectivity index (χ4v) is 2.40. The van der Waals surface area contributed by atoms with Crippen LogP contribution in [0.2, 0.25) is 0 Å². The lowest BCUT2D eigenvalue weighted by atomic mass is 9.78. The summed E-state index contributed by atoms with van der Waals surface area (Å²) in [5.74, 6) is 1.11. The average Bonchev–Trinajstić information content (AvgIpc) is 2.12. The van der Waals surface area contributed by atoms with Crippen molar-refractivity contribution < 1.29 is 4.79 Å². The molecule has 0 radical (unpaired) electrons. The van der Waals surface area contributed by atoms with E-state index in [1.54, 1.807) is 0 Å². The molecule has 0 atom stereocenters. The molecule has 0 unspecified atom stereocenters. The highest BCUT2D eigenvalue weighted by molar-refractivity contribution is 5.87. The zero-order valence-corrected chi connectivity index (χ0v) is 10.7. The van der Waals surface area contributed by atoms with Crippen LogP contribution in [0.3, 0.4) is 0 Å². The smallest absolute Gasteiger partial charge is 0.152 e. The minimum Gasteiger partial charge on any atom is -0.298 e. The summed E-state index contributed by atoms with van der Waals surface area (Å²) in [4.78, 5) is 14.4. The van der Waals surface area contributed by atoms with E-state index in [1.807, 2.05) is 0 Å². The van der Waals surface area contributed by atoms with E-state index < -0.39 is 0 Å². The fraction of sp³-hybridized carbons (Fsp3) is 0.923. The van der Waals surface area contributed by atoms with Crippen molar-refractivity contribution >= 4 is 5.78 Å². The third-order valence-electron chi connectivity index (χ3n) is 3.94. The molecule has 0 saturated heterocycles. The summed E-state index contributed by atoms with van der Waals surface area (Å²) in [6.45, 7) is 10.3. The number of carbonyl (C=O) groups excluding carboxylic acids is 1. The second kappa shape index (κ2) is 5.11. The molecule has 0 aliphatic heterocycles. The van der Waals surface area contributed by atoms with E-state index in [4.69, 9.17) is 0 Å². The van der Waals surface area contributed by atoms with Crippen molar-refractivity contribution in [2.24, 2.45) is 5.92 Å². The van der Waals surface area contributed by atoms with Crippen LogP contribution < -0.4 is 0 Å². The minimum absolute atomic E-state index is 0.265. The third kappa shape index (κ3) is 2.81. The molecular formula is C13H25NO. The number of Topliss-reactive ketones (excluding diaryl/α,β-unsaturated/α-hetero) is 1. The number of likely N-dealkylation sites (N-methyl/N-ethyl adjacent to an activating group) is 1. The number of ketones is 1. The Balaban J connectivity index is 2.53. The maximum Gasteiger partial charge on any atom is 0.152 e. The van der Waals surface area contributed by atoms with Crippen molar-refractivity contribution in [3.63, 3.8) is 0 Å². The molecule has 88 valence electrons. The van der Waals surface area contributed by atoms with Gasteiger partial charge in [-0.25, -0.2) is 0 Å². The Hall–Kier alpha value is -0.370. The first-order valence-corrected chi connectivity index (χ1v) is 6.30. The molecule has 15 heavy (non-hydrogen) atoms. The van der Waals surface area contributed by atoms with Crippen LogP contribution in [0.4, 0.5) is 0 Å². The number of hydrogen-bond donors (Lipinski definition) is 0. The first-order valence-electron chi connectivity index (χ1n) is 6.30. The SMILES string of the molecule is CCN(CC)C(C)(C)C(=O)CC1CCC1. The van der Waals surface area contributed by atoms with E-state index in [1.165, 1.54) is 19.3 Å². The molecule has 1 aliphatic rings. The second-order valence-electron chi connectivity index (χ2n) is 5.16. The van der Waals surface area contributed by atoms with Crippen LogP contribution in [0, 0.1) is 5.92 Å². The topological polar surface area (TPSA) is 20.3 Å². The van der Waals surface area contributed by atoms with Crippen LogP contribution in [0.5, 0.6) is 0 Å². The summed E-state index contributed by atoms with van der Waals surface area (Å²) >= 11 is 0. The predicted molar refractivity (Wildman–Crippen MR) is 64.0 cm³/mol. The van der Waals surface area contributed by atoms with Gasteiger partial charge in [0.2, 0.25) is 0 Å². The van der Waals surface area contributed by atoms with Gasteiger partial charge >= 0.3 is 0 Å². The number of nitrogens with zero attached hydrogens (tertiary/aromatic N) is 1. The average molecular weight is 211 g/mol. The van der Waals surface area contributed by atoms with Crippen LogP contribution in [0.15, 0.2) is 0 Å². The standard InChI is InChI=1S/C13H25NO/c1-5-14(6-2)13(3,4)12(15)10-11-8-7-9-11/h11H,5-10H2,1-4H3. The Kier molecular flexibility index (Phi) is 4.32. The van der Waals surface area contributed by atoms with Gasteiger partial charge < -0.3 is 0 Å². The van der Waals surface area contributed by atoms with E-state index in [9.17, 15) is 4.79 Å². The Morgan fingerprint density at radius 3 is 2.13 bits per heavy atom. The molecule has 0 N–H and O–H groups in total. The summed E-state index contributed by atoms with van der Waals surface area (Å²) in [6.07, 6.45) is 4.65. The summed E-state index contributed by atoms with van der Waals surface area (Å²) in [6, 6.07) is 0. The maximum atomic E-state index is 12.2. The molecule has 0 bridgehead atoms. The lowest BCUT2D eigenvalue weighted by Gasteiger charge is -2.37. The molecular weight excluding hydrogens is 186 g/mol. The summed E-state index contributed by atoms with van der Waals surface area (Å²) in [7, 11) is 0. The summed E-state index contributed by atoms with van der Waals surface area (Å²) in [5.41, 5.74) is -0.265. The van der Waals surface area contributed by atoms with Gasteiger partial charge in [-0.05, 0) is 32.9 Å². The zero-order valence-electron chi connectivity index (χ0n) is 10.7. The molecule has 0 amide bonds. The molecule has 1 aliphatic carbocycles. The van der Waals surface area contributed by atoms with Crippen molar-refractivity contribution in [3.8, 4) is 0 Å². The van der Waals surface area contributed by atoms with Gasteiger partial charge in [-0.3, -0.25) is 9.69 Å². The highest BCUT2D eigenvalue weighted by Gasteiger charge is 2.34. The quantitative estimate of drug-likeness (QED) is 0.673. The maximum absolute atomic E-state index is 12.2. The minimum atomic E-state index is -0.265. The van der Waals surface area contributed by atoms with Gasteiger partial charge in [0.15, 0.2) is 5.78 Å². The largest absolute Gasteiger partial charge is 0.298 e. The Morgan fingerprint density at radius 2 is 1.80 bits per heavy atom. The van der Waals surface area contributed by atoms with Crippen LogP contribution in [-0.2, 0) is 4.79 Å². The lowest BCUT2D eigenvalue weighted by molar-refractivity contribution is -0.130. The third-order valence-corrected chi connectivity index (χ3v) is 3.94. The van der Waals surface area contributed by atoms with Gasteiger partial charge in [0, 0.05) is 6.42 Å². The number of hydrogen-bond acceptors (Lipinski definition) is 2. The molecule has 0 aromatic carbocycles. The lowest BCUT2D eigenvalue weighted by Crippen LogP contribution is -2.50. The molecule has 0 aromatic heterocycles. The van der Waals surface area contributed by atoms with Crippen LogP contribution in [-0.4, -0.2) is 29.3 Å². The van der Waals surface area contributed by atoms with Crippen molar-refractivity contribution in [1.29, 1.82) is 0 Å². The molecule has 0 aromatic rings. The highest BCUT2D eigenvalue weighted by atomic mass is 16.1. The summed E-state index contributed by atoms with van der Waals surface area (Å²) < 4.78 is 0. The number of rotatable bonds is 6. The normalized spacial score (nSPS) is 17.9.